The zero-order valence-corrected chi connectivity index (χ0v) is 6.13. The lowest BCUT2D eigenvalue weighted by molar-refractivity contribution is -0.126. The van der Waals surface area contributed by atoms with Crippen LogP contribution in [0.3, 0.4) is 0 Å². The van der Waals surface area contributed by atoms with Crippen LogP contribution in [-0.4, -0.2) is 24.2 Å². The molecule has 1 aliphatic rings. The third-order valence-electron chi connectivity index (χ3n) is 2.06. The molecule has 0 aromatic rings. The second kappa shape index (κ2) is 3.01. The average Bonchev–Trinajstić information content (AvgIpc) is 2.34. The molecule has 0 unspecified atom stereocenters. The van der Waals surface area contributed by atoms with Gasteiger partial charge in [-0.15, -0.1) is 0 Å². The zero-order valence-electron chi connectivity index (χ0n) is 6.13. The molecule has 0 saturated heterocycles. The van der Waals surface area contributed by atoms with E-state index in [1.165, 1.54) is 0 Å². The molecule has 10 heavy (non-hydrogen) atoms. The first-order chi connectivity index (χ1) is 4.75. The van der Waals surface area contributed by atoms with E-state index in [-0.39, 0.29) is 11.8 Å². The number of amides is 1. The summed E-state index contributed by atoms with van der Waals surface area (Å²) >= 11 is 0. The Kier molecular flexibility index (Phi) is 2.27. The molecule has 58 valence electrons. The van der Waals surface area contributed by atoms with E-state index >= 15 is 0 Å². The fourth-order valence-corrected chi connectivity index (χ4v) is 1.43. The van der Waals surface area contributed by atoms with Gasteiger partial charge in [0.25, 0.3) is 0 Å². The molecule has 3 nitrogen and oxygen atoms in total. The van der Waals surface area contributed by atoms with Gasteiger partial charge in [-0.25, -0.2) is 0 Å². The first-order valence-corrected chi connectivity index (χ1v) is 3.65. The molecular formula is C7H13NO2. The van der Waals surface area contributed by atoms with E-state index in [0.29, 0.717) is 0 Å². The summed E-state index contributed by atoms with van der Waals surface area (Å²) in [4.78, 5) is 11.0. The van der Waals surface area contributed by atoms with E-state index in [4.69, 9.17) is 0 Å². The minimum Gasteiger partial charge on any atom is -0.392 e. The van der Waals surface area contributed by atoms with Crippen LogP contribution in [0.25, 0.3) is 0 Å². The first kappa shape index (κ1) is 7.54. The summed E-state index contributed by atoms with van der Waals surface area (Å²) in [5.74, 6) is -0.171. The second-order valence-electron chi connectivity index (χ2n) is 2.72. The molecule has 0 aliphatic heterocycles. The summed E-state index contributed by atoms with van der Waals surface area (Å²) in [5.41, 5.74) is 0. The van der Waals surface area contributed by atoms with Gasteiger partial charge in [-0.05, 0) is 19.3 Å². The number of aliphatic hydroxyl groups is 1. The van der Waals surface area contributed by atoms with E-state index in [2.05, 4.69) is 5.32 Å². The van der Waals surface area contributed by atoms with Crippen molar-refractivity contribution in [3.8, 4) is 0 Å². The molecule has 0 heterocycles. The minimum atomic E-state index is -0.403. The van der Waals surface area contributed by atoms with Crippen molar-refractivity contribution in [2.24, 2.45) is 5.92 Å². The molecule has 1 saturated carbocycles. The van der Waals surface area contributed by atoms with Crippen LogP contribution >= 0.6 is 0 Å². The first-order valence-electron chi connectivity index (χ1n) is 3.65. The van der Waals surface area contributed by atoms with Crippen molar-refractivity contribution in [1.82, 2.24) is 5.32 Å². The maximum absolute atomic E-state index is 11.0. The third-order valence-corrected chi connectivity index (χ3v) is 2.06. The Hall–Kier alpha value is -0.570. The van der Waals surface area contributed by atoms with Gasteiger partial charge < -0.3 is 10.4 Å². The van der Waals surface area contributed by atoms with Gasteiger partial charge in [0.05, 0.1) is 12.0 Å². The lowest BCUT2D eigenvalue weighted by Crippen LogP contribution is -2.32. The van der Waals surface area contributed by atoms with Crippen LogP contribution in [0.15, 0.2) is 0 Å². The molecule has 0 bridgehead atoms. The quantitative estimate of drug-likeness (QED) is 0.538. The van der Waals surface area contributed by atoms with Crippen molar-refractivity contribution in [3.63, 3.8) is 0 Å². The fraction of sp³-hybridized carbons (Fsp3) is 0.857. The molecule has 1 amide bonds. The Bertz CT molecular complexity index is 136. The Labute approximate surface area is 60.4 Å². The van der Waals surface area contributed by atoms with Crippen molar-refractivity contribution in [1.29, 1.82) is 0 Å². The van der Waals surface area contributed by atoms with Crippen molar-refractivity contribution >= 4 is 5.91 Å². The summed E-state index contributed by atoms with van der Waals surface area (Å²) in [6.45, 7) is 0. The van der Waals surface area contributed by atoms with Crippen LogP contribution in [0.2, 0.25) is 0 Å². The number of aliphatic hydroxyl groups excluding tert-OH is 1. The standard InChI is InChI=1S/C7H13NO2/c1-8-7(10)5-3-2-4-6(5)9/h5-6,9H,2-4H2,1H3,(H,8,10)/t5-,6+/m0/s1. The molecule has 0 radical (unpaired) electrons. The highest BCUT2D eigenvalue weighted by Crippen LogP contribution is 2.25. The van der Waals surface area contributed by atoms with E-state index < -0.39 is 6.10 Å². The second-order valence-corrected chi connectivity index (χ2v) is 2.72. The Morgan fingerprint density at radius 2 is 2.30 bits per heavy atom. The van der Waals surface area contributed by atoms with Crippen LogP contribution in [0, 0.1) is 5.92 Å². The van der Waals surface area contributed by atoms with Crippen molar-refractivity contribution in [2.45, 2.75) is 25.4 Å². The Morgan fingerprint density at radius 1 is 1.60 bits per heavy atom. The summed E-state index contributed by atoms with van der Waals surface area (Å²) in [6, 6.07) is 0. The molecule has 0 aromatic heterocycles. The highest BCUT2D eigenvalue weighted by atomic mass is 16.3. The minimum absolute atomic E-state index is 0.0231. The van der Waals surface area contributed by atoms with E-state index in [9.17, 15) is 9.90 Å². The molecule has 2 N–H and O–H groups in total. The zero-order chi connectivity index (χ0) is 7.56. The lowest BCUT2D eigenvalue weighted by Gasteiger charge is -2.11. The van der Waals surface area contributed by atoms with E-state index in [0.717, 1.165) is 19.3 Å². The van der Waals surface area contributed by atoms with Gasteiger partial charge in [0.1, 0.15) is 0 Å². The topological polar surface area (TPSA) is 49.3 Å². The monoisotopic (exact) mass is 143 g/mol. The van der Waals surface area contributed by atoms with Crippen LogP contribution < -0.4 is 5.32 Å². The third kappa shape index (κ3) is 1.29. The fourth-order valence-electron chi connectivity index (χ4n) is 1.43. The lowest BCUT2D eigenvalue weighted by atomic mass is 10.1. The van der Waals surface area contributed by atoms with Gasteiger partial charge in [-0.3, -0.25) is 4.79 Å². The molecule has 3 heteroatoms. The van der Waals surface area contributed by atoms with Crippen molar-refractivity contribution in [3.05, 3.63) is 0 Å². The van der Waals surface area contributed by atoms with E-state index in [1.54, 1.807) is 7.05 Å². The molecule has 1 aliphatic carbocycles. The predicted octanol–water partition coefficient (Wildman–Crippen LogP) is -0.107. The molecule has 0 aromatic carbocycles. The maximum atomic E-state index is 11.0. The van der Waals surface area contributed by atoms with Gasteiger partial charge in [0.15, 0.2) is 0 Å². The van der Waals surface area contributed by atoms with Gasteiger partial charge in [-0.2, -0.15) is 0 Å². The van der Waals surface area contributed by atoms with Crippen LogP contribution in [0.4, 0.5) is 0 Å². The van der Waals surface area contributed by atoms with Crippen molar-refractivity contribution < 1.29 is 9.90 Å². The maximum Gasteiger partial charge on any atom is 0.225 e. The summed E-state index contributed by atoms with van der Waals surface area (Å²) in [6.07, 6.45) is 2.18. The van der Waals surface area contributed by atoms with Gasteiger partial charge >= 0.3 is 0 Å². The molecule has 2 atom stereocenters. The molecule has 1 rings (SSSR count). The van der Waals surface area contributed by atoms with Gasteiger partial charge in [0, 0.05) is 7.05 Å². The van der Waals surface area contributed by atoms with Crippen LogP contribution in [0.1, 0.15) is 19.3 Å². The molecule has 0 spiro atoms. The van der Waals surface area contributed by atoms with Crippen LogP contribution in [-0.2, 0) is 4.79 Å². The predicted molar refractivity (Wildman–Crippen MR) is 37.4 cm³/mol. The van der Waals surface area contributed by atoms with Gasteiger partial charge in [-0.1, -0.05) is 0 Å². The Balaban J connectivity index is 2.46. The smallest absolute Gasteiger partial charge is 0.225 e. The number of hydrogen-bond donors (Lipinski definition) is 2. The SMILES string of the molecule is CNC(=O)[C@H]1CCC[C@H]1O. The highest BCUT2D eigenvalue weighted by Gasteiger charge is 2.30. The van der Waals surface area contributed by atoms with Crippen LogP contribution in [0.5, 0.6) is 0 Å². The summed E-state index contributed by atoms with van der Waals surface area (Å²) in [5, 5.41) is 11.8. The number of carbonyl (C=O) groups is 1. The number of rotatable bonds is 1. The van der Waals surface area contributed by atoms with Crippen molar-refractivity contribution in [2.75, 3.05) is 7.05 Å². The summed E-state index contributed by atoms with van der Waals surface area (Å²) < 4.78 is 0. The molecular weight excluding hydrogens is 130 g/mol. The van der Waals surface area contributed by atoms with E-state index in [1.807, 2.05) is 0 Å². The number of nitrogens with one attached hydrogen (secondary N) is 1. The highest BCUT2D eigenvalue weighted by molar-refractivity contribution is 5.79. The normalized spacial score (nSPS) is 32.2. The van der Waals surface area contributed by atoms with Gasteiger partial charge in [0.2, 0.25) is 5.91 Å². The average molecular weight is 143 g/mol. The Morgan fingerprint density at radius 3 is 2.70 bits per heavy atom. The summed E-state index contributed by atoms with van der Waals surface area (Å²) in [7, 11) is 1.60. The largest absolute Gasteiger partial charge is 0.392 e. The molecule has 1 fully saturated rings. The number of hydrogen-bond acceptors (Lipinski definition) is 2. The number of carbonyl (C=O) groups excluding carboxylic acids is 1.